The molecule has 1 rings (SSSR count). The molecular formula is C13H19NO3. The van der Waals surface area contributed by atoms with Crippen molar-refractivity contribution >= 4 is 5.97 Å². The predicted octanol–water partition coefficient (Wildman–Crippen LogP) is 1.52. The number of carbonyl (C=O) groups is 1. The molecule has 1 aromatic carbocycles. The molecule has 0 aliphatic carbocycles. The topological polar surface area (TPSA) is 61.5 Å². The van der Waals surface area contributed by atoms with Crippen molar-refractivity contribution in [1.82, 2.24) is 0 Å². The van der Waals surface area contributed by atoms with Crippen LogP contribution in [0.5, 0.6) is 5.75 Å². The molecule has 17 heavy (non-hydrogen) atoms. The van der Waals surface area contributed by atoms with Gasteiger partial charge in [-0.15, -0.1) is 0 Å². The fourth-order valence-corrected chi connectivity index (χ4v) is 1.41. The van der Waals surface area contributed by atoms with Gasteiger partial charge in [0, 0.05) is 0 Å². The second kappa shape index (κ2) is 6.91. The van der Waals surface area contributed by atoms with Crippen LogP contribution in [0, 0.1) is 0 Å². The quantitative estimate of drug-likeness (QED) is 0.762. The Balaban J connectivity index is 2.49. The van der Waals surface area contributed by atoms with Gasteiger partial charge in [-0.3, -0.25) is 4.79 Å². The fourth-order valence-electron chi connectivity index (χ4n) is 1.41. The van der Waals surface area contributed by atoms with Gasteiger partial charge in [0.1, 0.15) is 11.8 Å². The van der Waals surface area contributed by atoms with Crippen LogP contribution in [-0.4, -0.2) is 25.7 Å². The number of ether oxygens (including phenoxy) is 2. The highest BCUT2D eigenvalue weighted by atomic mass is 16.5. The van der Waals surface area contributed by atoms with Gasteiger partial charge in [0.2, 0.25) is 0 Å². The number of carbonyl (C=O) groups excluding carboxylic acids is 1. The highest BCUT2D eigenvalue weighted by Crippen LogP contribution is 2.12. The second-order valence-corrected chi connectivity index (χ2v) is 3.83. The van der Waals surface area contributed by atoms with E-state index in [4.69, 9.17) is 15.2 Å². The molecule has 1 atom stereocenters. The van der Waals surface area contributed by atoms with Crippen LogP contribution in [-0.2, 0) is 16.0 Å². The summed E-state index contributed by atoms with van der Waals surface area (Å²) in [5.41, 5.74) is 6.75. The van der Waals surface area contributed by atoms with Crippen molar-refractivity contribution in [2.75, 3.05) is 13.7 Å². The molecule has 0 saturated carbocycles. The molecule has 0 heterocycles. The Morgan fingerprint density at radius 2 is 2.00 bits per heavy atom. The smallest absolute Gasteiger partial charge is 0.323 e. The number of hydrogen-bond acceptors (Lipinski definition) is 4. The lowest BCUT2D eigenvalue weighted by atomic mass is 10.1. The van der Waals surface area contributed by atoms with Crippen LogP contribution in [0.3, 0.4) is 0 Å². The minimum absolute atomic E-state index is 0.345. The number of hydrogen-bond donors (Lipinski definition) is 1. The maximum atomic E-state index is 11.5. The largest absolute Gasteiger partial charge is 0.497 e. The molecule has 0 aliphatic heterocycles. The summed E-state index contributed by atoms with van der Waals surface area (Å²) in [7, 11) is 1.61. The summed E-state index contributed by atoms with van der Waals surface area (Å²) in [6.07, 6.45) is 1.29. The van der Waals surface area contributed by atoms with E-state index in [0.717, 1.165) is 17.7 Å². The molecule has 2 N–H and O–H groups in total. The number of rotatable bonds is 6. The highest BCUT2D eigenvalue weighted by Gasteiger charge is 2.15. The van der Waals surface area contributed by atoms with Crippen LogP contribution in [0.25, 0.3) is 0 Å². The van der Waals surface area contributed by atoms with Crippen molar-refractivity contribution in [3.8, 4) is 5.75 Å². The van der Waals surface area contributed by atoms with Crippen LogP contribution in [0.1, 0.15) is 18.9 Å². The van der Waals surface area contributed by atoms with E-state index in [-0.39, 0.29) is 5.97 Å². The summed E-state index contributed by atoms with van der Waals surface area (Å²) in [6, 6.07) is 6.88. The molecule has 0 fully saturated rings. The molecule has 0 aromatic heterocycles. The van der Waals surface area contributed by atoms with Crippen LogP contribution >= 0.6 is 0 Å². The van der Waals surface area contributed by atoms with E-state index < -0.39 is 6.04 Å². The third kappa shape index (κ3) is 4.44. The van der Waals surface area contributed by atoms with Gasteiger partial charge in [-0.25, -0.2) is 0 Å². The lowest BCUT2D eigenvalue weighted by Gasteiger charge is -2.11. The summed E-state index contributed by atoms with van der Waals surface area (Å²) >= 11 is 0. The first-order valence-electron chi connectivity index (χ1n) is 5.72. The molecule has 0 amide bonds. The highest BCUT2D eigenvalue weighted by molar-refractivity contribution is 5.75. The Bertz CT molecular complexity index is 348. The number of esters is 1. The minimum Gasteiger partial charge on any atom is -0.497 e. The molecule has 4 heteroatoms. The average Bonchev–Trinajstić information content (AvgIpc) is 2.36. The first kappa shape index (κ1) is 13.5. The predicted molar refractivity (Wildman–Crippen MR) is 65.9 cm³/mol. The molecule has 94 valence electrons. The third-order valence-corrected chi connectivity index (χ3v) is 2.37. The zero-order valence-electron chi connectivity index (χ0n) is 10.3. The monoisotopic (exact) mass is 237 g/mol. The molecule has 0 saturated heterocycles. The Hall–Kier alpha value is -1.55. The fraction of sp³-hybridized carbons (Fsp3) is 0.462. The molecule has 1 aromatic rings. The van der Waals surface area contributed by atoms with Crippen LogP contribution < -0.4 is 10.5 Å². The Morgan fingerprint density at radius 3 is 2.53 bits per heavy atom. The second-order valence-electron chi connectivity index (χ2n) is 3.83. The van der Waals surface area contributed by atoms with Gasteiger partial charge in [0.05, 0.1) is 13.7 Å². The van der Waals surface area contributed by atoms with Crippen molar-refractivity contribution in [3.05, 3.63) is 29.8 Å². The molecule has 0 bridgehead atoms. The minimum atomic E-state index is -0.602. The zero-order chi connectivity index (χ0) is 12.7. The van der Waals surface area contributed by atoms with Gasteiger partial charge in [-0.05, 0) is 30.5 Å². The van der Waals surface area contributed by atoms with E-state index in [2.05, 4.69) is 0 Å². The third-order valence-electron chi connectivity index (χ3n) is 2.37. The summed E-state index contributed by atoms with van der Waals surface area (Å²) < 4.78 is 10.0. The maximum absolute atomic E-state index is 11.5. The number of nitrogens with two attached hydrogens (primary N) is 1. The van der Waals surface area contributed by atoms with Crippen molar-refractivity contribution in [3.63, 3.8) is 0 Å². The van der Waals surface area contributed by atoms with E-state index in [0.29, 0.717) is 13.0 Å². The van der Waals surface area contributed by atoms with Gasteiger partial charge in [-0.1, -0.05) is 19.1 Å². The summed E-state index contributed by atoms with van der Waals surface area (Å²) in [6.45, 7) is 2.37. The molecule has 0 spiro atoms. The maximum Gasteiger partial charge on any atom is 0.323 e. The van der Waals surface area contributed by atoms with Gasteiger partial charge in [0.15, 0.2) is 0 Å². The summed E-state index contributed by atoms with van der Waals surface area (Å²) in [5.74, 6) is 0.443. The lowest BCUT2D eigenvalue weighted by Crippen LogP contribution is -2.34. The van der Waals surface area contributed by atoms with E-state index in [9.17, 15) is 4.79 Å². The van der Waals surface area contributed by atoms with Crippen molar-refractivity contribution in [2.45, 2.75) is 25.8 Å². The van der Waals surface area contributed by atoms with Gasteiger partial charge in [-0.2, -0.15) is 0 Å². The average molecular weight is 237 g/mol. The van der Waals surface area contributed by atoms with Gasteiger partial charge in [0.25, 0.3) is 0 Å². The number of methoxy groups -OCH3 is 1. The normalized spacial score (nSPS) is 11.9. The molecule has 0 radical (unpaired) electrons. The first-order chi connectivity index (χ1) is 8.17. The Morgan fingerprint density at radius 1 is 1.35 bits per heavy atom. The summed E-state index contributed by atoms with van der Waals surface area (Å²) in [4.78, 5) is 11.5. The number of benzene rings is 1. The lowest BCUT2D eigenvalue weighted by molar-refractivity contribution is -0.145. The van der Waals surface area contributed by atoms with Crippen LogP contribution in [0.15, 0.2) is 24.3 Å². The van der Waals surface area contributed by atoms with E-state index >= 15 is 0 Å². The zero-order valence-corrected chi connectivity index (χ0v) is 10.3. The molecule has 0 unspecified atom stereocenters. The first-order valence-corrected chi connectivity index (χ1v) is 5.72. The van der Waals surface area contributed by atoms with Crippen molar-refractivity contribution in [2.24, 2.45) is 5.73 Å². The van der Waals surface area contributed by atoms with Gasteiger partial charge < -0.3 is 15.2 Å². The molecule has 4 nitrogen and oxygen atoms in total. The van der Waals surface area contributed by atoms with Crippen LogP contribution in [0.2, 0.25) is 0 Å². The van der Waals surface area contributed by atoms with Crippen molar-refractivity contribution < 1.29 is 14.3 Å². The van der Waals surface area contributed by atoms with Crippen LogP contribution in [0.4, 0.5) is 0 Å². The molecular weight excluding hydrogens is 218 g/mol. The Labute approximate surface area is 102 Å². The summed E-state index contributed by atoms with van der Waals surface area (Å²) in [5, 5.41) is 0. The Kier molecular flexibility index (Phi) is 5.49. The van der Waals surface area contributed by atoms with Crippen molar-refractivity contribution in [1.29, 1.82) is 0 Å². The van der Waals surface area contributed by atoms with E-state index in [1.165, 1.54) is 0 Å². The SMILES string of the molecule is CCCOC(=O)[C@H](N)Cc1ccc(OC)cc1. The van der Waals surface area contributed by atoms with E-state index in [1.54, 1.807) is 7.11 Å². The standard InChI is InChI=1S/C13H19NO3/c1-3-8-17-13(15)12(14)9-10-4-6-11(16-2)7-5-10/h4-7,12H,3,8-9,14H2,1-2H3/t12-/m1/s1. The van der Waals surface area contributed by atoms with E-state index in [1.807, 2.05) is 31.2 Å². The molecule has 0 aliphatic rings. The van der Waals surface area contributed by atoms with Gasteiger partial charge >= 0.3 is 5.97 Å².